The Morgan fingerprint density at radius 3 is 2.73 bits per heavy atom. The number of hydrogen-bond donors (Lipinski definition) is 3. The van der Waals surface area contributed by atoms with E-state index in [9.17, 15) is 13.5 Å². The van der Waals surface area contributed by atoms with Crippen molar-refractivity contribution in [3.05, 3.63) is 48.3 Å². The molecule has 0 aliphatic heterocycles. The van der Waals surface area contributed by atoms with Gasteiger partial charge in [0, 0.05) is 12.7 Å². The predicted octanol–water partition coefficient (Wildman–Crippen LogP) is 0.748. The van der Waals surface area contributed by atoms with Crippen molar-refractivity contribution in [2.45, 2.75) is 24.6 Å². The summed E-state index contributed by atoms with van der Waals surface area (Å²) in [6.07, 6.45) is 1.05. The third-order valence-corrected chi connectivity index (χ3v) is 4.05. The molecule has 0 unspecified atom stereocenters. The molecule has 2 aromatic heterocycles. The SMILES string of the molecule is C[C@@H](O)CNc1cccc(S(=O)(=O)NCc2ccccn2)n1. The third kappa shape index (κ3) is 4.76. The average molecular weight is 322 g/mol. The van der Waals surface area contributed by atoms with E-state index in [1.165, 1.54) is 6.07 Å². The Morgan fingerprint density at radius 2 is 2.05 bits per heavy atom. The first-order valence-electron chi connectivity index (χ1n) is 6.76. The van der Waals surface area contributed by atoms with Gasteiger partial charge in [-0.15, -0.1) is 0 Å². The second-order valence-corrected chi connectivity index (χ2v) is 6.45. The number of pyridine rings is 2. The maximum Gasteiger partial charge on any atom is 0.258 e. The van der Waals surface area contributed by atoms with E-state index in [0.717, 1.165) is 0 Å². The summed E-state index contributed by atoms with van der Waals surface area (Å²) in [6.45, 7) is 2.01. The van der Waals surface area contributed by atoms with Gasteiger partial charge in [0.05, 0.1) is 18.3 Å². The molecule has 8 heteroatoms. The van der Waals surface area contributed by atoms with E-state index in [1.807, 2.05) is 0 Å². The van der Waals surface area contributed by atoms with Crippen LogP contribution in [-0.4, -0.2) is 36.1 Å². The normalized spacial score (nSPS) is 12.8. The summed E-state index contributed by atoms with van der Waals surface area (Å²) in [6, 6.07) is 9.92. The van der Waals surface area contributed by atoms with Crippen LogP contribution in [0.1, 0.15) is 12.6 Å². The molecule has 2 rings (SSSR count). The number of rotatable bonds is 7. The Hall–Kier alpha value is -2.03. The number of hydrogen-bond acceptors (Lipinski definition) is 6. The largest absolute Gasteiger partial charge is 0.392 e. The zero-order valence-electron chi connectivity index (χ0n) is 12.1. The van der Waals surface area contributed by atoms with E-state index >= 15 is 0 Å². The maximum absolute atomic E-state index is 12.2. The standard InChI is InChI=1S/C14H18N4O3S/c1-11(19)9-16-13-6-4-7-14(18-13)22(20,21)17-10-12-5-2-3-8-15-12/h2-8,11,17,19H,9-10H2,1H3,(H,16,18)/t11-/m1/s1. The molecule has 22 heavy (non-hydrogen) atoms. The van der Waals surface area contributed by atoms with Crippen LogP contribution in [0.15, 0.2) is 47.6 Å². The Kier molecular flexibility index (Phi) is 5.42. The first-order valence-corrected chi connectivity index (χ1v) is 8.24. The highest BCUT2D eigenvalue weighted by Gasteiger charge is 2.16. The highest BCUT2D eigenvalue weighted by molar-refractivity contribution is 7.89. The highest BCUT2D eigenvalue weighted by Crippen LogP contribution is 2.10. The summed E-state index contributed by atoms with van der Waals surface area (Å²) in [5.74, 6) is 0.390. The van der Waals surface area contributed by atoms with Crippen molar-refractivity contribution in [3.63, 3.8) is 0 Å². The lowest BCUT2D eigenvalue weighted by Gasteiger charge is -2.10. The summed E-state index contributed by atoms with van der Waals surface area (Å²) in [4.78, 5) is 8.09. The van der Waals surface area contributed by atoms with Gasteiger partial charge < -0.3 is 10.4 Å². The molecule has 1 atom stereocenters. The van der Waals surface area contributed by atoms with Crippen LogP contribution in [-0.2, 0) is 16.6 Å². The van der Waals surface area contributed by atoms with Crippen LogP contribution in [0.25, 0.3) is 0 Å². The summed E-state index contributed by atoms with van der Waals surface area (Å²) in [5.41, 5.74) is 0.620. The number of anilines is 1. The Morgan fingerprint density at radius 1 is 1.23 bits per heavy atom. The molecule has 0 spiro atoms. The molecule has 118 valence electrons. The van der Waals surface area contributed by atoms with Crippen molar-refractivity contribution < 1.29 is 13.5 Å². The molecule has 7 nitrogen and oxygen atoms in total. The molecular formula is C14H18N4O3S. The van der Waals surface area contributed by atoms with Gasteiger partial charge in [0.1, 0.15) is 5.82 Å². The number of nitrogens with zero attached hydrogens (tertiary/aromatic N) is 2. The van der Waals surface area contributed by atoms with Gasteiger partial charge in [-0.3, -0.25) is 4.98 Å². The minimum Gasteiger partial charge on any atom is -0.392 e. The zero-order chi connectivity index (χ0) is 16.0. The van der Waals surface area contributed by atoms with Crippen LogP contribution in [0.5, 0.6) is 0 Å². The second-order valence-electron chi connectivity index (χ2n) is 4.74. The number of nitrogens with one attached hydrogen (secondary N) is 2. The lowest BCUT2D eigenvalue weighted by atomic mass is 10.4. The highest BCUT2D eigenvalue weighted by atomic mass is 32.2. The second kappa shape index (κ2) is 7.30. The number of aliphatic hydroxyl groups excluding tert-OH is 1. The van der Waals surface area contributed by atoms with E-state index in [4.69, 9.17) is 0 Å². The van der Waals surface area contributed by atoms with Crippen molar-refractivity contribution in [3.8, 4) is 0 Å². The molecule has 2 heterocycles. The van der Waals surface area contributed by atoms with E-state index in [-0.39, 0.29) is 18.1 Å². The fourth-order valence-electron chi connectivity index (χ4n) is 1.66. The van der Waals surface area contributed by atoms with Gasteiger partial charge in [-0.05, 0) is 31.2 Å². The van der Waals surface area contributed by atoms with Crippen LogP contribution in [0.2, 0.25) is 0 Å². The molecule has 0 saturated heterocycles. The number of sulfonamides is 1. The molecule has 0 radical (unpaired) electrons. The first kappa shape index (κ1) is 16.3. The fraction of sp³-hybridized carbons (Fsp3) is 0.286. The van der Waals surface area contributed by atoms with Crippen molar-refractivity contribution >= 4 is 15.8 Å². The van der Waals surface area contributed by atoms with Gasteiger partial charge in [-0.25, -0.2) is 18.1 Å². The molecule has 0 aromatic carbocycles. The van der Waals surface area contributed by atoms with Gasteiger partial charge in [0.15, 0.2) is 5.03 Å². The van der Waals surface area contributed by atoms with E-state index in [0.29, 0.717) is 11.5 Å². The van der Waals surface area contributed by atoms with Gasteiger partial charge in [-0.2, -0.15) is 0 Å². The van der Waals surface area contributed by atoms with Gasteiger partial charge in [0.2, 0.25) is 0 Å². The number of aliphatic hydroxyl groups is 1. The van der Waals surface area contributed by atoms with Gasteiger partial charge >= 0.3 is 0 Å². The third-order valence-electron chi connectivity index (χ3n) is 2.75. The molecule has 0 aliphatic rings. The van der Waals surface area contributed by atoms with E-state index in [1.54, 1.807) is 43.5 Å². The molecule has 0 aliphatic carbocycles. The van der Waals surface area contributed by atoms with Crippen LogP contribution in [0.3, 0.4) is 0 Å². The van der Waals surface area contributed by atoms with Crippen molar-refractivity contribution in [2.75, 3.05) is 11.9 Å². The minimum atomic E-state index is -3.72. The molecule has 0 amide bonds. The van der Waals surface area contributed by atoms with Gasteiger partial charge in [-0.1, -0.05) is 12.1 Å². The lowest BCUT2D eigenvalue weighted by Crippen LogP contribution is -2.25. The smallest absolute Gasteiger partial charge is 0.258 e. The van der Waals surface area contributed by atoms with Crippen LogP contribution in [0, 0.1) is 0 Å². The first-order chi connectivity index (χ1) is 10.5. The number of aromatic nitrogens is 2. The summed E-state index contributed by atoms with van der Waals surface area (Å²) in [5, 5.41) is 12.0. The van der Waals surface area contributed by atoms with Crippen LogP contribution >= 0.6 is 0 Å². The molecule has 0 saturated carbocycles. The van der Waals surface area contributed by atoms with Crippen molar-refractivity contribution in [2.24, 2.45) is 0 Å². The van der Waals surface area contributed by atoms with E-state index < -0.39 is 16.1 Å². The summed E-state index contributed by atoms with van der Waals surface area (Å²) in [7, 11) is -3.72. The van der Waals surface area contributed by atoms with Crippen molar-refractivity contribution in [1.29, 1.82) is 0 Å². The van der Waals surface area contributed by atoms with E-state index in [2.05, 4.69) is 20.0 Å². The lowest BCUT2D eigenvalue weighted by molar-refractivity contribution is 0.208. The molecule has 0 bridgehead atoms. The summed E-state index contributed by atoms with van der Waals surface area (Å²) >= 11 is 0. The molecular weight excluding hydrogens is 304 g/mol. The monoisotopic (exact) mass is 322 g/mol. The molecule has 0 fully saturated rings. The van der Waals surface area contributed by atoms with Gasteiger partial charge in [0.25, 0.3) is 10.0 Å². The topological polar surface area (TPSA) is 104 Å². The fourth-order valence-corrected chi connectivity index (χ4v) is 2.62. The molecule has 2 aromatic rings. The summed E-state index contributed by atoms with van der Waals surface area (Å²) < 4.78 is 26.9. The average Bonchev–Trinajstić information content (AvgIpc) is 2.52. The van der Waals surface area contributed by atoms with Crippen LogP contribution in [0.4, 0.5) is 5.82 Å². The quantitative estimate of drug-likeness (QED) is 0.695. The minimum absolute atomic E-state index is 0.0842. The Balaban J connectivity index is 2.07. The Labute approximate surface area is 129 Å². The maximum atomic E-state index is 12.2. The predicted molar refractivity (Wildman–Crippen MR) is 82.7 cm³/mol. The van der Waals surface area contributed by atoms with Crippen LogP contribution < -0.4 is 10.0 Å². The van der Waals surface area contributed by atoms with Crippen molar-refractivity contribution in [1.82, 2.24) is 14.7 Å². The Bertz CT molecular complexity index is 705. The molecule has 3 N–H and O–H groups in total. The zero-order valence-corrected chi connectivity index (χ0v) is 12.9.